The number of amides is 1. The molecule has 3 aliphatic rings. The molecule has 0 saturated carbocycles. The Labute approximate surface area is 260 Å². The molecule has 45 heavy (non-hydrogen) atoms. The van der Waals surface area contributed by atoms with Crippen LogP contribution in [0, 0.1) is 17.2 Å². The molecular formula is C33H35F3N6O3. The lowest BCUT2D eigenvalue weighted by molar-refractivity contribution is -0.137. The van der Waals surface area contributed by atoms with Gasteiger partial charge in [-0.05, 0) is 61.3 Å². The van der Waals surface area contributed by atoms with Crippen molar-refractivity contribution in [2.75, 3.05) is 39.8 Å². The predicted molar refractivity (Wildman–Crippen MR) is 159 cm³/mol. The Bertz CT molecular complexity index is 1490. The maximum Gasteiger partial charge on any atom is 0.416 e. The number of piperidine rings is 1. The van der Waals surface area contributed by atoms with Gasteiger partial charge in [-0.25, -0.2) is 4.79 Å². The first-order chi connectivity index (χ1) is 21.5. The molecule has 1 spiro atoms. The summed E-state index contributed by atoms with van der Waals surface area (Å²) in [5.74, 6) is 0.750. The van der Waals surface area contributed by atoms with Gasteiger partial charge in [0.2, 0.25) is 0 Å². The Kier molecular flexibility index (Phi) is 9.80. The molecule has 3 aliphatic heterocycles. The monoisotopic (exact) mass is 620 g/mol. The Hall–Kier alpha value is -4.34. The van der Waals surface area contributed by atoms with Crippen LogP contribution in [0.3, 0.4) is 0 Å². The minimum Gasteiger partial charge on any atom is -0.441 e. The highest BCUT2D eigenvalue weighted by molar-refractivity contribution is 5.74. The highest BCUT2D eigenvalue weighted by atomic mass is 19.4. The molecule has 9 nitrogen and oxygen atoms in total. The fraction of sp³-hybridized carbons (Fsp3) is 0.424. The molecule has 0 bridgehead atoms. The standard InChI is InChI=1S/C22H22F3N3O3.C11H13N3/c23-22(24,25)18-4-1-16(2-5-18)12-27-9-7-21(8-10-27)15-28(20(30)31-21)13-19-6-3-17(14-29)11-26-19;1-14-7-10(8-14)4-11-3-2-9(5-12)6-13-11/h1-6,11,14H,7-10,12-13,15H2;2-3,6,10H,4,7-8H2,1H3. The fourth-order valence-electron chi connectivity index (χ4n) is 5.91. The average molecular weight is 621 g/mol. The van der Waals surface area contributed by atoms with E-state index >= 15 is 0 Å². The number of carbonyl (C=O) groups is 2. The van der Waals surface area contributed by atoms with Gasteiger partial charge < -0.3 is 9.64 Å². The van der Waals surface area contributed by atoms with E-state index < -0.39 is 17.3 Å². The van der Waals surface area contributed by atoms with E-state index in [4.69, 9.17) is 10.00 Å². The van der Waals surface area contributed by atoms with Crippen LogP contribution in [0.1, 0.15) is 51.3 Å². The molecule has 5 heterocycles. The summed E-state index contributed by atoms with van der Waals surface area (Å²) in [6.45, 7) is 5.05. The molecule has 0 N–H and O–H groups in total. The number of nitrogens with zero attached hydrogens (tertiary/aromatic N) is 6. The van der Waals surface area contributed by atoms with Crippen molar-refractivity contribution in [3.8, 4) is 6.07 Å². The Morgan fingerprint density at radius 2 is 1.69 bits per heavy atom. The zero-order chi connectivity index (χ0) is 32.0. The molecule has 3 fully saturated rings. The molecule has 3 aromatic rings. The summed E-state index contributed by atoms with van der Waals surface area (Å²) in [7, 11) is 2.13. The minimum absolute atomic E-state index is 0.314. The van der Waals surface area contributed by atoms with E-state index in [0.29, 0.717) is 68.7 Å². The highest BCUT2D eigenvalue weighted by Gasteiger charge is 2.47. The summed E-state index contributed by atoms with van der Waals surface area (Å²) >= 11 is 0. The first-order valence-electron chi connectivity index (χ1n) is 14.8. The van der Waals surface area contributed by atoms with Gasteiger partial charge in [-0.15, -0.1) is 0 Å². The summed E-state index contributed by atoms with van der Waals surface area (Å²) in [5.41, 5.74) is 2.52. The van der Waals surface area contributed by atoms with Crippen LogP contribution in [0.15, 0.2) is 60.9 Å². The van der Waals surface area contributed by atoms with Crippen molar-refractivity contribution in [1.29, 1.82) is 5.26 Å². The third kappa shape index (κ3) is 8.44. The largest absolute Gasteiger partial charge is 0.441 e. The van der Waals surface area contributed by atoms with Crippen molar-refractivity contribution in [1.82, 2.24) is 24.7 Å². The van der Waals surface area contributed by atoms with Gasteiger partial charge in [0.1, 0.15) is 11.7 Å². The number of carbonyl (C=O) groups excluding carboxylic acids is 2. The van der Waals surface area contributed by atoms with Crippen LogP contribution in [-0.2, 0) is 30.4 Å². The van der Waals surface area contributed by atoms with Gasteiger partial charge in [0.15, 0.2) is 6.29 Å². The van der Waals surface area contributed by atoms with Crippen molar-refractivity contribution in [2.45, 2.75) is 44.1 Å². The number of nitriles is 1. The summed E-state index contributed by atoms with van der Waals surface area (Å²) in [6, 6.07) is 14.5. The number of ether oxygens (including phenoxy) is 1. The van der Waals surface area contributed by atoms with Crippen LogP contribution in [0.5, 0.6) is 0 Å². The van der Waals surface area contributed by atoms with E-state index in [9.17, 15) is 22.8 Å². The second-order valence-corrected chi connectivity index (χ2v) is 12.0. The normalized spacial score (nSPS) is 18.5. The number of hydrogen-bond donors (Lipinski definition) is 0. The molecule has 1 amide bonds. The van der Waals surface area contributed by atoms with Gasteiger partial charge in [0.25, 0.3) is 0 Å². The number of aromatic nitrogens is 2. The number of alkyl halides is 3. The summed E-state index contributed by atoms with van der Waals surface area (Å²) in [5, 5.41) is 8.61. The van der Waals surface area contributed by atoms with Crippen LogP contribution in [0.4, 0.5) is 18.0 Å². The van der Waals surface area contributed by atoms with Crippen molar-refractivity contribution in [3.05, 3.63) is 94.6 Å². The lowest BCUT2D eigenvalue weighted by Gasteiger charge is -2.37. The van der Waals surface area contributed by atoms with Gasteiger partial charge >= 0.3 is 12.3 Å². The molecular weight excluding hydrogens is 585 g/mol. The van der Waals surface area contributed by atoms with E-state index in [1.54, 1.807) is 23.2 Å². The minimum atomic E-state index is -4.33. The number of hydrogen-bond acceptors (Lipinski definition) is 8. The molecule has 3 saturated heterocycles. The summed E-state index contributed by atoms with van der Waals surface area (Å²) < 4.78 is 43.8. The van der Waals surface area contributed by atoms with Crippen molar-refractivity contribution >= 4 is 12.4 Å². The molecule has 0 atom stereocenters. The van der Waals surface area contributed by atoms with E-state index in [2.05, 4.69) is 32.9 Å². The first kappa shape index (κ1) is 32.1. The quantitative estimate of drug-likeness (QED) is 0.342. The SMILES string of the molecule is CN1CC(Cc2ccc(C#N)cn2)C1.O=Cc1ccc(CN2CC3(CCN(Cc4ccc(C(F)(F)F)cc4)CC3)OC2=O)nc1. The Morgan fingerprint density at radius 1 is 1.00 bits per heavy atom. The highest BCUT2D eigenvalue weighted by Crippen LogP contribution is 2.35. The molecule has 6 rings (SSSR count). The zero-order valence-corrected chi connectivity index (χ0v) is 25.0. The smallest absolute Gasteiger partial charge is 0.416 e. The number of aldehydes is 1. The van der Waals surface area contributed by atoms with E-state index in [1.807, 2.05) is 12.1 Å². The van der Waals surface area contributed by atoms with Gasteiger partial charge in [-0.3, -0.25) is 24.6 Å². The molecule has 12 heteroatoms. The summed E-state index contributed by atoms with van der Waals surface area (Å²) in [4.78, 5) is 37.6. The molecule has 0 aliphatic carbocycles. The average Bonchev–Trinajstić information content (AvgIpc) is 3.32. The summed E-state index contributed by atoms with van der Waals surface area (Å²) in [6.07, 6.45) is 1.49. The van der Waals surface area contributed by atoms with Gasteiger partial charge in [0.05, 0.1) is 29.9 Å². The second kappa shape index (κ2) is 13.7. The van der Waals surface area contributed by atoms with Crippen LogP contribution < -0.4 is 0 Å². The second-order valence-electron chi connectivity index (χ2n) is 12.0. The zero-order valence-electron chi connectivity index (χ0n) is 25.0. The van der Waals surface area contributed by atoms with Crippen molar-refractivity contribution in [3.63, 3.8) is 0 Å². The Balaban J connectivity index is 0.000000238. The molecule has 0 unspecified atom stereocenters. The van der Waals surface area contributed by atoms with Crippen LogP contribution in [0.25, 0.3) is 0 Å². The number of benzene rings is 1. The number of likely N-dealkylation sites (tertiary alicyclic amines) is 2. The lowest BCUT2D eigenvalue weighted by atomic mass is 9.91. The maximum atomic E-state index is 12.7. The molecule has 236 valence electrons. The third-order valence-electron chi connectivity index (χ3n) is 8.42. The van der Waals surface area contributed by atoms with Gasteiger partial charge in [-0.1, -0.05) is 12.1 Å². The van der Waals surface area contributed by atoms with Crippen LogP contribution in [-0.4, -0.2) is 82.4 Å². The number of halogens is 3. The predicted octanol–water partition coefficient (Wildman–Crippen LogP) is 4.96. The fourth-order valence-corrected chi connectivity index (χ4v) is 5.91. The van der Waals surface area contributed by atoms with Crippen molar-refractivity contribution < 1.29 is 27.5 Å². The number of pyridine rings is 2. The number of rotatable bonds is 7. The molecule has 2 aromatic heterocycles. The van der Waals surface area contributed by atoms with E-state index in [0.717, 1.165) is 35.7 Å². The third-order valence-corrected chi connectivity index (χ3v) is 8.42. The topological polar surface area (TPSA) is 103 Å². The van der Waals surface area contributed by atoms with Gasteiger partial charge in [-0.2, -0.15) is 18.4 Å². The van der Waals surface area contributed by atoms with E-state index in [1.165, 1.54) is 31.4 Å². The Morgan fingerprint density at radius 3 is 2.24 bits per heavy atom. The lowest BCUT2D eigenvalue weighted by Crippen LogP contribution is -2.46. The van der Waals surface area contributed by atoms with Crippen LogP contribution >= 0.6 is 0 Å². The molecule has 0 radical (unpaired) electrons. The van der Waals surface area contributed by atoms with E-state index in [-0.39, 0.29) is 6.09 Å². The van der Waals surface area contributed by atoms with Crippen LogP contribution in [0.2, 0.25) is 0 Å². The van der Waals surface area contributed by atoms with Crippen molar-refractivity contribution in [2.24, 2.45) is 5.92 Å². The first-order valence-corrected chi connectivity index (χ1v) is 14.8. The maximum absolute atomic E-state index is 12.7. The van der Waals surface area contributed by atoms with Gasteiger partial charge in [0, 0.05) is 69.2 Å². The molecule has 1 aromatic carbocycles.